The first-order valence-electron chi connectivity index (χ1n) is 7.26. The molecule has 1 amide bonds. The summed E-state index contributed by atoms with van der Waals surface area (Å²) in [5.41, 5.74) is 0.632. The highest BCUT2D eigenvalue weighted by Gasteiger charge is 2.30. The molecule has 0 radical (unpaired) electrons. The summed E-state index contributed by atoms with van der Waals surface area (Å²) in [7, 11) is -3.56. The van der Waals surface area contributed by atoms with Gasteiger partial charge in [-0.3, -0.25) is 4.79 Å². The average Bonchev–Trinajstić information content (AvgIpc) is 2.50. The number of halogens is 1. The number of rotatable bonds is 4. The van der Waals surface area contributed by atoms with E-state index >= 15 is 0 Å². The highest BCUT2D eigenvalue weighted by atomic mass is 35.5. The molecule has 0 unspecified atom stereocenters. The molecule has 2 rings (SSSR count). The van der Waals surface area contributed by atoms with Crippen LogP contribution in [0.25, 0.3) is 0 Å². The van der Waals surface area contributed by atoms with Gasteiger partial charge in [0.15, 0.2) is 0 Å². The Hall–Kier alpha value is -1.18. The molecule has 0 aliphatic carbocycles. The van der Waals surface area contributed by atoms with Crippen LogP contribution in [0.1, 0.15) is 31.7 Å². The molecule has 0 atom stereocenters. The second kappa shape index (κ2) is 6.93. The molecule has 0 spiro atoms. The van der Waals surface area contributed by atoms with Gasteiger partial charge in [-0.25, -0.2) is 13.4 Å². The summed E-state index contributed by atoms with van der Waals surface area (Å²) in [4.78, 5) is 15.5. The number of sulfonamides is 1. The van der Waals surface area contributed by atoms with E-state index in [1.165, 1.54) is 16.6 Å². The number of aryl methyl sites for hydroxylation is 1. The van der Waals surface area contributed by atoms with E-state index in [1.54, 1.807) is 13.8 Å². The second-order valence-electron chi connectivity index (χ2n) is 5.38. The molecule has 0 bridgehead atoms. The zero-order valence-electron chi connectivity index (χ0n) is 12.7. The molecule has 8 heteroatoms. The fourth-order valence-electron chi connectivity index (χ4n) is 2.39. The summed E-state index contributed by atoms with van der Waals surface area (Å²) in [5, 5.41) is 3.21. The number of aromatic nitrogens is 1. The van der Waals surface area contributed by atoms with Crippen LogP contribution in [0.3, 0.4) is 0 Å². The van der Waals surface area contributed by atoms with Gasteiger partial charge in [0.1, 0.15) is 10.0 Å². The Bertz CT molecular complexity index is 655. The Morgan fingerprint density at radius 1 is 1.45 bits per heavy atom. The molecule has 1 aromatic heterocycles. The third-order valence-corrected chi connectivity index (χ3v) is 6.03. The van der Waals surface area contributed by atoms with E-state index in [4.69, 9.17) is 11.6 Å². The van der Waals surface area contributed by atoms with E-state index in [2.05, 4.69) is 10.3 Å². The predicted molar refractivity (Wildman–Crippen MR) is 84.2 cm³/mol. The third kappa shape index (κ3) is 3.77. The van der Waals surface area contributed by atoms with E-state index < -0.39 is 10.0 Å². The number of hydrogen-bond donors (Lipinski definition) is 1. The van der Waals surface area contributed by atoms with Crippen molar-refractivity contribution >= 4 is 27.5 Å². The van der Waals surface area contributed by atoms with Crippen LogP contribution in [0, 0.1) is 6.92 Å². The molecular formula is C14H20ClN3O3S. The monoisotopic (exact) mass is 345 g/mol. The van der Waals surface area contributed by atoms with Crippen LogP contribution in [0.2, 0.25) is 5.15 Å². The first kappa shape index (κ1) is 17.2. The molecule has 0 aromatic carbocycles. The molecule has 122 valence electrons. The summed E-state index contributed by atoms with van der Waals surface area (Å²) in [6, 6.07) is 1.58. The zero-order chi connectivity index (χ0) is 16.3. The minimum atomic E-state index is -3.56. The Labute approximate surface area is 135 Å². The zero-order valence-corrected chi connectivity index (χ0v) is 14.2. The van der Waals surface area contributed by atoms with E-state index in [-0.39, 0.29) is 16.8 Å². The van der Waals surface area contributed by atoms with E-state index in [0.717, 1.165) is 0 Å². The summed E-state index contributed by atoms with van der Waals surface area (Å²) >= 11 is 5.84. The minimum absolute atomic E-state index is 0.00108. The van der Waals surface area contributed by atoms with Crippen LogP contribution >= 0.6 is 11.6 Å². The lowest BCUT2D eigenvalue weighted by Crippen LogP contribution is -2.46. The number of carbonyl (C=O) groups excluding carboxylic acids is 1. The first-order valence-corrected chi connectivity index (χ1v) is 9.08. The summed E-state index contributed by atoms with van der Waals surface area (Å²) < 4.78 is 26.6. The van der Waals surface area contributed by atoms with Crippen molar-refractivity contribution in [3.05, 3.63) is 23.0 Å². The average molecular weight is 346 g/mol. The van der Waals surface area contributed by atoms with Gasteiger partial charge in [0, 0.05) is 31.7 Å². The molecule has 1 saturated heterocycles. The maximum atomic E-state index is 12.6. The van der Waals surface area contributed by atoms with E-state index in [1.807, 2.05) is 0 Å². The Morgan fingerprint density at radius 3 is 2.64 bits per heavy atom. The Kier molecular flexibility index (Phi) is 5.41. The summed E-state index contributed by atoms with van der Waals surface area (Å²) in [6.45, 7) is 4.29. The van der Waals surface area contributed by atoms with Gasteiger partial charge in [0.25, 0.3) is 0 Å². The number of nitrogens with one attached hydrogen (secondary N) is 1. The predicted octanol–water partition coefficient (Wildman–Crippen LogP) is 1.72. The minimum Gasteiger partial charge on any atom is -0.353 e. The van der Waals surface area contributed by atoms with Crippen molar-refractivity contribution in [1.82, 2.24) is 14.6 Å². The normalized spacial score (nSPS) is 17.4. The topological polar surface area (TPSA) is 79.4 Å². The van der Waals surface area contributed by atoms with E-state index in [0.29, 0.717) is 43.1 Å². The number of pyridine rings is 1. The van der Waals surface area contributed by atoms with Gasteiger partial charge in [-0.05, 0) is 31.4 Å². The van der Waals surface area contributed by atoms with Crippen LogP contribution < -0.4 is 5.32 Å². The van der Waals surface area contributed by atoms with Gasteiger partial charge in [0.2, 0.25) is 15.9 Å². The Balaban J connectivity index is 2.06. The molecule has 1 fully saturated rings. The summed E-state index contributed by atoms with van der Waals surface area (Å²) in [5.74, 6) is -0.00108. The van der Waals surface area contributed by atoms with Crippen molar-refractivity contribution in [2.24, 2.45) is 0 Å². The highest BCUT2D eigenvalue weighted by molar-refractivity contribution is 7.89. The molecule has 22 heavy (non-hydrogen) atoms. The number of carbonyl (C=O) groups is 1. The summed E-state index contributed by atoms with van der Waals surface area (Å²) in [6.07, 6.45) is 2.96. The molecule has 6 nitrogen and oxygen atoms in total. The number of nitrogens with zero attached hydrogens (tertiary/aromatic N) is 2. The number of hydrogen-bond acceptors (Lipinski definition) is 4. The van der Waals surface area contributed by atoms with Crippen LogP contribution in [0.4, 0.5) is 0 Å². The van der Waals surface area contributed by atoms with Crippen molar-refractivity contribution in [3.63, 3.8) is 0 Å². The fraction of sp³-hybridized carbons (Fsp3) is 0.571. The largest absolute Gasteiger partial charge is 0.353 e. The SMILES string of the molecule is CCC(=O)NC1CCN(S(=O)(=O)c2cnc(Cl)c(C)c2)CC1. The van der Waals surface area contributed by atoms with Gasteiger partial charge in [0.05, 0.1) is 0 Å². The second-order valence-corrected chi connectivity index (χ2v) is 7.67. The fourth-order valence-corrected chi connectivity index (χ4v) is 4.00. The smallest absolute Gasteiger partial charge is 0.244 e. The van der Waals surface area contributed by atoms with Gasteiger partial charge in [-0.15, -0.1) is 0 Å². The maximum absolute atomic E-state index is 12.6. The standard InChI is InChI=1S/C14H20ClN3O3S/c1-3-13(19)17-11-4-6-18(7-5-11)22(20,21)12-8-10(2)14(15)16-9-12/h8-9,11H,3-7H2,1-2H3,(H,17,19). The lowest BCUT2D eigenvalue weighted by atomic mass is 10.1. The first-order chi connectivity index (χ1) is 10.3. The quantitative estimate of drug-likeness (QED) is 0.843. The van der Waals surface area contributed by atoms with Gasteiger partial charge >= 0.3 is 0 Å². The lowest BCUT2D eigenvalue weighted by molar-refractivity contribution is -0.121. The molecule has 0 saturated carbocycles. The van der Waals surface area contributed by atoms with Crippen molar-refractivity contribution in [3.8, 4) is 0 Å². The number of piperidine rings is 1. The van der Waals surface area contributed by atoms with Crippen LogP contribution in [-0.2, 0) is 14.8 Å². The van der Waals surface area contributed by atoms with Crippen molar-refractivity contribution in [2.45, 2.75) is 44.0 Å². The molecule has 1 aliphatic rings. The van der Waals surface area contributed by atoms with Gasteiger partial charge in [-0.1, -0.05) is 18.5 Å². The van der Waals surface area contributed by atoms with Crippen LogP contribution in [0.15, 0.2) is 17.2 Å². The molecule has 1 N–H and O–H groups in total. The molecule has 1 aromatic rings. The van der Waals surface area contributed by atoms with Crippen LogP contribution in [0.5, 0.6) is 0 Å². The highest BCUT2D eigenvalue weighted by Crippen LogP contribution is 2.23. The Morgan fingerprint density at radius 2 is 2.09 bits per heavy atom. The molecule has 2 heterocycles. The maximum Gasteiger partial charge on any atom is 0.244 e. The molecule has 1 aliphatic heterocycles. The van der Waals surface area contributed by atoms with E-state index in [9.17, 15) is 13.2 Å². The van der Waals surface area contributed by atoms with Gasteiger partial charge < -0.3 is 5.32 Å². The van der Waals surface area contributed by atoms with Crippen molar-refractivity contribution < 1.29 is 13.2 Å². The lowest BCUT2D eigenvalue weighted by Gasteiger charge is -2.31. The number of amides is 1. The van der Waals surface area contributed by atoms with Crippen LogP contribution in [-0.4, -0.2) is 42.7 Å². The molecular weight excluding hydrogens is 326 g/mol. The third-order valence-electron chi connectivity index (χ3n) is 3.77. The van der Waals surface area contributed by atoms with Gasteiger partial charge in [-0.2, -0.15) is 4.31 Å². The van der Waals surface area contributed by atoms with Crippen molar-refractivity contribution in [1.29, 1.82) is 0 Å². The van der Waals surface area contributed by atoms with Crippen molar-refractivity contribution in [2.75, 3.05) is 13.1 Å².